The SMILES string of the molecule is CCC(C)C1COCC2(CC1C)CC2(F)F. The molecule has 1 saturated carbocycles. The minimum atomic E-state index is -2.47. The van der Waals surface area contributed by atoms with Crippen LogP contribution in [0.1, 0.15) is 40.0 Å². The lowest BCUT2D eigenvalue weighted by molar-refractivity contribution is 0.0121. The molecule has 0 amide bonds. The first-order valence-electron chi connectivity index (χ1n) is 6.37. The number of hydrogen-bond acceptors (Lipinski definition) is 1. The summed E-state index contributed by atoms with van der Waals surface area (Å²) in [4.78, 5) is 0. The summed E-state index contributed by atoms with van der Waals surface area (Å²) in [7, 11) is 0. The Labute approximate surface area is 96.6 Å². The average Bonchev–Trinajstić information content (AvgIpc) is 2.78. The van der Waals surface area contributed by atoms with Crippen LogP contribution in [0.3, 0.4) is 0 Å². The van der Waals surface area contributed by atoms with Gasteiger partial charge in [-0.15, -0.1) is 0 Å². The molecule has 0 aromatic rings. The lowest BCUT2D eigenvalue weighted by atomic mass is 9.78. The topological polar surface area (TPSA) is 9.23 Å². The highest BCUT2D eigenvalue weighted by atomic mass is 19.3. The van der Waals surface area contributed by atoms with Gasteiger partial charge in [0.2, 0.25) is 0 Å². The third-order valence-electron chi connectivity index (χ3n) is 4.72. The maximum Gasteiger partial charge on any atom is 0.256 e. The summed E-state index contributed by atoms with van der Waals surface area (Å²) < 4.78 is 32.2. The summed E-state index contributed by atoms with van der Waals surface area (Å²) >= 11 is 0. The highest BCUT2D eigenvalue weighted by molar-refractivity contribution is 5.11. The molecule has 4 atom stereocenters. The van der Waals surface area contributed by atoms with Crippen molar-refractivity contribution in [2.75, 3.05) is 13.2 Å². The van der Waals surface area contributed by atoms with E-state index in [9.17, 15) is 8.78 Å². The fourth-order valence-electron chi connectivity index (χ4n) is 3.17. The molecule has 2 rings (SSSR count). The van der Waals surface area contributed by atoms with Gasteiger partial charge in [0.1, 0.15) is 0 Å². The Bertz CT molecular complexity index is 267. The molecule has 0 bridgehead atoms. The summed E-state index contributed by atoms with van der Waals surface area (Å²) in [6.07, 6.45) is 1.77. The van der Waals surface area contributed by atoms with Crippen molar-refractivity contribution in [3.63, 3.8) is 0 Å². The highest BCUT2D eigenvalue weighted by Gasteiger charge is 2.71. The molecule has 1 aliphatic carbocycles. The van der Waals surface area contributed by atoms with Gasteiger partial charge in [-0.3, -0.25) is 0 Å². The molecule has 0 aromatic heterocycles. The zero-order valence-corrected chi connectivity index (χ0v) is 10.4. The van der Waals surface area contributed by atoms with Crippen molar-refractivity contribution >= 4 is 0 Å². The Morgan fingerprint density at radius 3 is 2.56 bits per heavy atom. The lowest BCUT2D eigenvalue weighted by Crippen LogP contribution is -2.23. The van der Waals surface area contributed by atoms with E-state index < -0.39 is 11.3 Å². The molecule has 1 saturated heterocycles. The first-order valence-corrected chi connectivity index (χ1v) is 6.37. The monoisotopic (exact) mass is 232 g/mol. The molecule has 3 heteroatoms. The molecule has 94 valence electrons. The van der Waals surface area contributed by atoms with Crippen molar-refractivity contribution in [1.29, 1.82) is 0 Å². The lowest BCUT2D eigenvalue weighted by Gasteiger charge is -2.27. The van der Waals surface area contributed by atoms with Crippen molar-refractivity contribution in [1.82, 2.24) is 0 Å². The molecule has 4 unspecified atom stereocenters. The van der Waals surface area contributed by atoms with E-state index in [1.807, 2.05) is 0 Å². The Morgan fingerprint density at radius 2 is 2.06 bits per heavy atom. The molecule has 1 heterocycles. The van der Waals surface area contributed by atoms with Crippen LogP contribution in [-0.2, 0) is 4.74 Å². The Morgan fingerprint density at radius 1 is 1.44 bits per heavy atom. The summed E-state index contributed by atoms with van der Waals surface area (Å²) in [5, 5.41) is 0. The van der Waals surface area contributed by atoms with Gasteiger partial charge in [-0.2, -0.15) is 0 Å². The Kier molecular flexibility index (Phi) is 3.02. The standard InChI is InChI=1S/C13H22F2O/c1-4-9(2)11-6-16-8-12(5-10(11)3)7-13(12,14)15/h9-11H,4-8H2,1-3H3. The fourth-order valence-corrected chi connectivity index (χ4v) is 3.17. The van der Waals surface area contributed by atoms with Crippen LogP contribution in [0.15, 0.2) is 0 Å². The number of rotatable bonds is 2. The van der Waals surface area contributed by atoms with Gasteiger partial charge in [-0.05, 0) is 24.2 Å². The van der Waals surface area contributed by atoms with Crippen LogP contribution >= 0.6 is 0 Å². The third-order valence-corrected chi connectivity index (χ3v) is 4.72. The van der Waals surface area contributed by atoms with E-state index in [1.54, 1.807) is 0 Å². The van der Waals surface area contributed by atoms with E-state index in [0.29, 0.717) is 30.8 Å². The molecule has 2 aliphatic rings. The van der Waals surface area contributed by atoms with Gasteiger partial charge in [0, 0.05) is 13.0 Å². The summed E-state index contributed by atoms with van der Waals surface area (Å²) in [5.41, 5.74) is -0.811. The number of ether oxygens (including phenoxy) is 1. The van der Waals surface area contributed by atoms with Gasteiger partial charge in [0.25, 0.3) is 5.92 Å². The first kappa shape index (κ1) is 12.3. The van der Waals surface area contributed by atoms with Crippen LogP contribution in [0.2, 0.25) is 0 Å². The molecule has 16 heavy (non-hydrogen) atoms. The maximum absolute atomic E-state index is 13.4. The fraction of sp³-hybridized carbons (Fsp3) is 1.00. The van der Waals surface area contributed by atoms with Crippen LogP contribution < -0.4 is 0 Å². The minimum absolute atomic E-state index is 0.0393. The molecule has 0 N–H and O–H groups in total. The second-order valence-corrected chi connectivity index (χ2v) is 5.91. The number of halogens is 2. The van der Waals surface area contributed by atoms with Crippen LogP contribution in [0.25, 0.3) is 0 Å². The van der Waals surface area contributed by atoms with E-state index >= 15 is 0 Å². The van der Waals surface area contributed by atoms with Crippen molar-refractivity contribution in [2.45, 2.75) is 46.0 Å². The van der Waals surface area contributed by atoms with Crippen LogP contribution in [0.4, 0.5) is 8.78 Å². The van der Waals surface area contributed by atoms with E-state index in [1.165, 1.54) is 0 Å². The van der Waals surface area contributed by atoms with E-state index in [-0.39, 0.29) is 13.0 Å². The van der Waals surface area contributed by atoms with Gasteiger partial charge in [-0.1, -0.05) is 27.2 Å². The largest absolute Gasteiger partial charge is 0.380 e. The Balaban J connectivity index is 2.05. The maximum atomic E-state index is 13.4. The summed E-state index contributed by atoms with van der Waals surface area (Å²) in [5.74, 6) is -1.10. The zero-order valence-electron chi connectivity index (χ0n) is 10.4. The molecule has 0 aromatic carbocycles. The van der Waals surface area contributed by atoms with Crippen LogP contribution in [0, 0.1) is 23.2 Å². The second-order valence-electron chi connectivity index (χ2n) is 5.91. The molecular formula is C13H22F2O. The highest BCUT2D eigenvalue weighted by Crippen LogP contribution is 2.65. The third kappa shape index (κ3) is 1.87. The second kappa shape index (κ2) is 3.94. The first-order chi connectivity index (χ1) is 7.42. The Hall–Kier alpha value is -0.180. The van der Waals surface area contributed by atoms with Crippen molar-refractivity contribution in [3.05, 3.63) is 0 Å². The van der Waals surface area contributed by atoms with Crippen molar-refractivity contribution in [2.24, 2.45) is 23.2 Å². The van der Waals surface area contributed by atoms with Crippen molar-refractivity contribution < 1.29 is 13.5 Å². The normalized spacial score (nSPS) is 44.1. The molecule has 0 radical (unpaired) electrons. The molecule has 1 aliphatic heterocycles. The van der Waals surface area contributed by atoms with E-state index in [4.69, 9.17) is 4.74 Å². The molecule has 1 nitrogen and oxygen atoms in total. The van der Waals surface area contributed by atoms with Crippen LogP contribution in [-0.4, -0.2) is 19.1 Å². The quantitative estimate of drug-likeness (QED) is 0.705. The molecular weight excluding hydrogens is 210 g/mol. The van der Waals surface area contributed by atoms with E-state index in [2.05, 4.69) is 20.8 Å². The molecule has 2 fully saturated rings. The van der Waals surface area contributed by atoms with Gasteiger partial charge < -0.3 is 4.74 Å². The van der Waals surface area contributed by atoms with Gasteiger partial charge >= 0.3 is 0 Å². The smallest absolute Gasteiger partial charge is 0.256 e. The number of hydrogen-bond donors (Lipinski definition) is 0. The number of alkyl halides is 2. The summed E-state index contributed by atoms with van der Waals surface area (Å²) in [6.45, 7) is 7.39. The molecule has 1 spiro atoms. The van der Waals surface area contributed by atoms with Gasteiger partial charge in [0.05, 0.1) is 12.0 Å². The minimum Gasteiger partial charge on any atom is -0.380 e. The van der Waals surface area contributed by atoms with E-state index in [0.717, 1.165) is 6.42 Å². The van der Waals surface area contributed by atoms with Gasteiger partial charge in [0.15, 0.2) is 0 Å². The zero-order chi connectivity index (χ0) is 12.0. The summed E-state index contributed by atoms with van der Waals surface area (Å²) in [6, 6.07) is 0. The van der Waals surface area contributed by atoms with Gasteiger partial charge in [-0.25, -0.2) is 8.78 Å². The van der Waals surface area contributed by atoms with Crippen molar-refractivity contribution in [3.8, 4) is 0 Å². The average molecular weight is 232 g/mol. The van der Waals surface area contributed by atoms with Crippen LogP contribution in [0.5, 0.6) is 0 Å². The predicted molar refractivity (Wildman–Crippen MR) is 59.5 cm³/mol. The predicted octanol–water partition coefficient (Wildman–Crippen LogP) is 3.73.